The van der Waals surface area contributed by atoms with Gasteiger partial charge in [-0.1, -0.05) is 13.3 Å². The molecule has 0 saturated carbocycles. The quantitative estimate of drug-likeness (QED) is 0.284. The normalized spacial score (nSPS) is 13.6. The number of carbonyl (C=O) groups excluding carboxylic acids is 2. The Kier molecular flexibility index (Phi) is 19.2. The van der Waals surface area contributed by atoms with E-state index in [0.717, 1.165) is 12.5 Å². The highest BCUT2D eigenvalue weighted by Crippen LogP contribution is 2.17. The number of hydrogen-bond donors (Lipinski definition) is 2. The van der Waals surface area contributed by atoms with Crippen molar-refractivity contribution in [1.29, 1.82) is 0 Å². The maximum Gasteiger partial charge on any atom is 0.500 e. The molecule has 0 aliphatic rings. The molecule has 2 unspecified atom stereocenters. The van der Waals surface area contributed by atoms with E-state index in [9.17, 15) is 9.59 Å². The van der Waals surface area contributed by atoms with Crippen LogP contribution in [0.25, 0.3) is 0 Å². The average Bonchev–Trinajstić information content (AvgIpc) is 2.64. The second-order valence-electron chi connectivity index (χ2n) is 6.67. The first-order valence-electron chi connectivity index (χ1n) is 10.5. The highest BCUT2D eigenvalue weighted by molar-refractivity contribution is 6.60. The van der Waals surface area contributed by atoms with Crippen molar-refractivity contribution in [2.75, 3.05) is 19.8 Å². The highest BCUT2D eigenvalue weighted by Gasteiger charge is 2.38. The van der Waals surface area contributed by atoms with Crippen LogP contribution in [0, 0.1) is 0 Å². The Morgan fingerprint density at radius 2 is 1.14 bits per heavy atom. The van der Waals surface area contributed by atoms with E-state index >= 15 is 0 Å². The summed E-state index contributed by atoms with van der Waals surface area (Å²) in [6, 6.07) is 0.870. The summed E-state index contributed by atoms with van der Waals surface area (Å²) in [5, 5.41) is 8.08. The van der Waals surface area contributed by atoms with E-state index < -0.39 is 8.80 Å². The zero-order valence-electron chi connectivity index (χ0n) is 19.1. The Morgan fingerprint density at radius 1 is 0.793 bits per heavy atom. The maximum absolute atomic E-state index is 10.5. The second-order valence-corrected chi connectivity index (χ2v) is 9.40. The summed E-state index contributed by atoms with van der Waals surface area (Å²) >= 11 is 0. The number of hydrogen-bond acceptors (Lipinski definition) is 7. The zero-order chi connectivity index (χ0) is 22.7. The Labute approximate surface area is 177 Å². The van der Waals surface area contributed by atoms with Gasteiger partial charge in [-0.15, -0.1) is 0 Å². The molecule has 172 valence electrons. The van der Waals surface area contributed by atoms with Crippen molar-refractivity contribution in [2.45, 2.75) is 91.8 Å². The van der Waals surface area contributed by atoms with Gasteiger partial charge in [-0.05, 0) is 47.5 Å². The first kappa shape index (κ1) is 29.8. The van der Waals surface area contributed by atoms with E-state index in [1.54, 1.807) is 0 Å². The molecule has 0 saturated heterocycles. The molecular formula is C19H42N4O5Si. The van der Waals surface area contributed by atoms with Gasteiger partial charge in [0.2, 0.25) is 11.8 Å². The lowest BCUT2D eigenvalue weighted by Gasteiger charge is -2.27. The maximum atomic E-state index is 10.5. The Bertz CT molecular complexity index is 410. The largest absolute Gasteiger partial charge is 0.500 e. The lowest BCUT2D eigenvalue weighted by Crippen LogP contribution is -2.45. The minimum absolute atomic E-state index is 0.0245. The molecule has 0 aromatic carbocycles. The fourth-order valence-corrected chi connectivity index (χ4v) is 4.97. The number of nitrogens with two attached hydrogens (primary N) is 2. The monoisotopic (exact) mass is 434 g/mol. The first-order chi connectivity index (χ1) is 13.7. The van der Waals surface area contributed by atoms with Gasteiger partial charge < -0.3 is 24.7 Å². The van der Waals surface area contributed by atoms with Gasteiger partial charge in [0, 0.05) is 38.7 Å². The van der Waals surface area contributed by atoms with E-state index in [1.165, 1.54) is 0 Å². The minimum Gasteiger partial charge on any atom is -0.374 e. The van der Waals surface area contributed by atoms with Crippen LogP contribution in [0.2, 0.25) is 6.04 Å². The number of nitrogens with zero attached hydrogens (tertiary/aromatic N) is 2. The summed E-state index contributed by atoms with van der Waals surface area (Å²) < 4.78 is 16.9. The number of amides is 2. The summed E-state index contributed by atoms with van der Waals surface area (Å²) in [5.41, 5.74) is 10.0. The summed E-state index contributed by atoms with van der Waals surface area (Å²) in [5.74, 6) is -0.660. The van der Waals surface area contributed by atoms with Gasteiger partial charge in [-0.3, -0.25) is 9.59 Å². The van der Waals surface area contributed by atoms with Gasteiger partial charge >= 0.3 is 8.80 Å². The molecule has 0 aromatic heterocycles. The van der Waals surface area contributed by atoms with Crippen molar-refractivity contribution in [3.8, 4) is 0 Å². The summed E-state index contributed by atoms with van der Waals surface area (Å²) in [6.07, 6.45) is 2.88. The SMILES string of the molecule is CC(CCC(N)=O)N=NC(C)CCC(N)=O.CCC[Si](OCC)(OCC)OCC. The van der Waals surface area contributed by atoms with E-state index in [-0.39, 0.29) is 23.9 Å². The Morgan fingerprint density at radius 3 is 1.38 bits per heavy atom. The molecule has 0 bridgehead atoms. The van der Waals surface area contributed by atoms with Crippen LogP contribution in [0.5, 0.6) is 0 Å². The molecule has 0 fully saturated rings. The molecule has 0 radical (unpaired) electrons. The molecule has 29 heavy (non-hydrogen) atoms. The lowest BCUT2D eigenvalue weighted by atomic mass is 10.2. The van der Waals surface area contributed by atoms with Crippen molar-refractivity contribution >= 4 is 20.6 Å². The molecule has 2 atom stereocenters. The third-order valence-electron chi connectivity index (χ3n) is 3.73. The van der Waals surface area contributed by atoms with Crippen LogP contribution < -0.4 is 11.5 Å². The summed E-state index contributed by atoms with van der Waals surface area (Å²) in [4.78, 5) is 21.0. The van der Waals surface area contributed by atoms with Crippen molar-refractivity contribution in [1.82, 2.24) is 0 Å². The van der Waals surface area contributed by atoms with Crippen LogP contribution in [0.1, 0.15) is 73.6 Å². The third-order valence-corrected chi connectivity index (χ3v) is 7.02. The smallest absolute Gasteiger partial charge is 0.374 e. The van der Waals surface area contributed by atoms with Gasteiger partial charge in [0.05, 0.1) is 12.1 Å². The van der Waals surface area contributed by atoms with E-state index in [2.05, 4.69) is 17.2 Å². The van der Waals surface area contributed by atoms with Crippen LogP contribution in [-0.2, 0) is 22.9 Å². The molecule has 0 rings (SSSR count). The molecule has 9 nitrogen and oxygen atoms in total. The molecule has 0 spiro atoms. The average molecular weight is 435 g/mol. The van der Waals surface area contributed by atoms with Crippen LogP contribution in [0.15, 0.2) is 10.2 Å². The van der Waals surface area contributed by atoms with Crippen molar-refractivity contribution in [3.63, 3.8) is 0 Å². The molecule has 10 heteroatoms. The van der Waals surface area contributed by atoms with Crippen molar-refractivity contribution < 1.29 is 22.9 Å². The minimum atomic E-state index is -2.30. The van der Waals surface area contributed by atoms with Gasteiger partial charge in [0.25, 0.3) is 0 Å². The van der Waals surface area contributed by atoms with Gasteiger partial charge in [0.15, 0.2) is 0 Å². The number of azo groups is 1. The van der Waals surface area contributed by atoms with Crippen LogP contribution >= 0.6 is 0 Å². The fraction of sp³-hybridized carbons (Fsp3) is 0.895. The van der Waals surface area contributed by atoms with E-state index in [4.69, 9.17) is 24.7 Å². The highest BCUT2D eigenvalue weighted by atomic mass is 28.4. The predicted molar refractivity (Wildman–Crippen MR) is 116 cm³/mol. The Balaban J connectivity index is 0. The first-order valence-corrected chi connectivity index (χ1v) is 12.5. The van der Waals surface area contributed by atoms with Gasteiger partial charge in [-0.25, -0.2) is 0 Å². The molecular weight excluding hydrogens is 392 g/mol. The number of primary amides is 2. The van der Waals surface area contributed by atoms with Crippen molar-refractivity contribution in [2.24, 2.45) is 21.7 Å². The molecule has 0 aliphatic heterocycles. The molecule has 0 aliphatic carbocycles. The summed E-state index contributed by atoms with van der Waals surface area (Å²) in [6.45, 7) is 13.8. The van der Waals surface area contributed by atoms with Crippen LogP contribution in [0.3, 0.4) is 0 Å². The second kappa shape index (κ2) is 18.7. The number of carbonyl (C=O) groups is 2. The van der Waals surface area contributed by atoms with E-state index in [1.807, 2.05) is 34.6 Å². The lowest BCUT2D eigenvalue weighted by molar-refractivity contribution is -0.119. The Hall–Kier alpha value is -1.36. The van der Waals surface area contributed by atoms with Crippen LogP contribution in [-0.4, -0.2) is 52.5 Å². The molecule has 0 heterocycles. The van der Waals surface area contributed by atoms with Crippen molar-refractivity contribution in [3.05, 3.63) is 0 Å². The molecule has 4 N–H and O–H groups in total. The standard InChI is InChI=1S/C10H20N4O2.C9H22O3Si/c1-7(3-5-9(11)15)13-14-8(2)4-6-10(12)16;1-5-9-13(10-6-2,11-7-3)12-8-4/h7-8H,3-6H2,1-2H3,(H2,11,15)(H2,12,16);5-9H2,1-4H3. The fourth-order valence-electron chi connectivity index (χ4n) is 2.35. The topological polar surface area (TPSA) is 139 Å². The molecule has 0 aromatic rings. The van der Waals surface area contributed by atoms with E-state index in [0.29, 0.717) is 45.5 Å². The third kappa shape index (κ3) is 18.4. The van der Waals surface area contributed by atoms with Gasteiger partial charge in [0.1, 0.15) is 0 Å². The number of rotatable bonds is 16. The van der Waals surface area contributed by atoms with Crippen LogP contribution in [0.4, 0.5) is 0 Å². The van der Waals surface area contributed by atoms with Gasteiger partial charge in [-0.2, -0.15) is 10.2 Å². The zero-order valence-corrected chi connectivity index (χ0v) is 20.1. The molecule has 2 amide bonds. The summed E-state index contributed by atoms with van der Waals surface area (Å²) in [7, 11) is -2.30. The predicted octanol–water partition coefficient (Wildman–Crippen LogP) is 3.19.